The maximum absolute atomic E-state index is 12.1. The number of nitrogens with zero attached hydrogens (tertiary/aromatic N) is 2. The molecule has 4 rings (SSSR count). The third-order valence-electron chi connectivity index (χ3n) is 5.26. The number of esters is 1. The lowest BCUT2D eigenvalue weighted by Crippen LogP contribution is -2.35. The number of ether oxygens (including phenoxy) is 1. The van der Waals surface area contributed by atoms with Gasteiger partial charge in [0.25, 0.3) is 0 Å². The molecule has 0 aliphatic heterocycles. The zero-order valence-corrected chi connectivity index (χ0v) is 16.4. The fraction of sp³-hybridized carbons (Fsp3) is 0.450. The highest BCUT2D eigenvalue weighted by Gasteiger charge is 2.22. The van der Waals surface area contributed by atoms with Gasteiger partial charge in [-0.15, -0.1) is 11.3 Å². The summed E-state index contributed by atoms with van der Waals surface area (Å²) in [5.41, 5.74) is 0.563. The van der Waals surface area contributed by atoms with Crippen molar-refractivity contribution in [1.82, 2.24) is 15.3 Å². The van der Waals surface area contributed by atoms with Crippen LogP contribution in [0.25, 0.3) is 20.3 Å². The highest BCUT2D eigenvalue weighted by molar-refractivity contribution is 7.25. The van der Waals surface area contributed by atoms with Crippen LogP contribution in [-0.4, -0.2) is 41.7 Å². The number of carbonyl (C=O) groups is 1. The Kier molecular flexibility index (Phi) is 5.22. The maximum Gasteiger partial charge on any atom is 0.338 e. The van der Waals surface area contributed by atoms with Crippen LogP contribution in [0.15, 0.2) is 24.5 Å². The van der Waals surface area contributed by atoms with Crippen molar-refractivity contribution in [3.63, 3.8) is 0 Å². The summed E-state index contributed by atoms with van der Waals surface area (Å²) in [6.45, 7) is 2.18. The summed E-state index contributed by atoms with van der Waals surface area (Å²) in [7, 11) is 2.03. The molecular formula is C20H24N4O2S. The van der Waals surface area contributed by atoms with Crippen LogP contribution < -0.4 is 10.6 Å². The standard InChI is InChI=1S/C20H24N4O2S/c1-3-26-20(25)12-4-9-16-15(10-12)17-18(22-11-23-19(17)27-16)24-14-7-5-13(21-2)6-8-14/h4,9-11,13-14,21H,3,5-8H2,1-2H3,(H,22,23,24)/t13-,14-. The summed E-state index contributed by atoms with van der Waals surface area (Å²) in [5, 5.41) is 9.01. The van der Waals surface area contributed by atoms with Crippen LogP contribution in [0.1, 0.15) is 43.0 Å². The largest absolute Gasteiger partial charge is 0.462 e. The van der Waals surface area contributed by atoms with Crippen LogP contribution in [0.4, 0.5) is 5.82 Å². The number of benzene rings is 1. The Morgan fingerprint density at radius 1 is 1.22 bits per heavy atom. The van der Waals surface area contributed by atoms with Crippen molar-refractivity contribution in [1.29, 1.82) is 0 Å². The second-order valence-corrected chi connectivity index (χ2v) is 7.95. The quantitative estimate of drug-likeness (QED) is 0.649. The molecule has 27 heavy (non-hydrogen) atoms. The van der Waals surface area contributed by atoms with Gasteiger partial charge >= 0.3 is 5.97 Å². The molecule has 1 aromatic carbocycles. The van der Waals surface area contributed by atoms with E-state index in [1.807, 2.05) is 32.2 Å². The van der Waals surface area contributed by atoms with Crippen LogP contribution in [-0.2, 0) is 4.74 Å². The molecule has 1 saturated carbocycles. The van der Waals surface area contributed by atoms with Gasteiger partial charge < -0.3 is 15.4 Å². The van der Waals surface area contributed by atoms with Crippen molar-refractivity contribution in [2.24, 2.45) is 0 Å². The minimum atomic E-state index is -0.296. The van der Waals surface area contributed by atoms with Gasteiger partial charge in [0.05, 0.1) is 17.6 Å². The third-order valence-corrected chi connectivity index (χ3v) is 6.33. The average Bonchev–Trinajstić information content (AvgIpc) is 3.07. The summed E-state index contributed by atoms with van der Waals surface area (Å²) in [6.07, 6.45) is 6.19. The first kappa shape index (κ1) is 18.1. The van der Waals surface area contributed by atoms with Crippen LogP contribution in [0.3, 0.4) is 0 Å². The van der Waals surface area contributed by atoms with Gasteiger partial charge in [-0.25, -0.2) is 14.8 Å². The average molecular weight is 385 g/mol. The molecular weight excluding hydrogens is 360 g/mol. The van der Waals surface area contributed by atoms with Gasteiger partial charge in [-0.05, 0) is 57.9 Å². The molecule has 7 heteroatoms. The Hall–Kier alpha value is -2.25. The zero-order valence-electron chi connectivity index (χ0n) is 15.6. The van der Waals surface area contributed by atoms with Crippen LogP contribution >= 0.6 is 11.3 Å². The van der Waals surface area contributed by atoms with Gasteiger partial charge in [0.2, 0.25) is 0 Å². The van der Waals surface area contributed by atoms with Crippen LogP contribution in [0.5, 0.6) is 0 Å². The number of nitrogens with one attached hydrogen (secondary N) is 2. The highest BCUT2D eigenvalue weighted by Crippen LogP contribution is 2.37. The molecule has 2 aromatic heterocycles. The topological polar surface area (TPSA) is 76.1 Å². The third kappa shape index (κ3) is 3.61. The highest BCUT2D eigenvalue weighted by atomic mass is 32.1. The number of hydrogen-bond acceptors (Lipinski definition) is 7. The van der Waals surface area contributed by atoms with Crippen LogP contribution in [0.2, 0.25) is 0 Å². The van der Waals surface area contributed by atoms with Crippen molar-refractivity contribution in [2.75, 3.05) is 19.0 Å². The summed E-state index contributed by atoms with van der Waals surface area (Å²) in [4.78, 5) is 22.0. The molecule has 1 fully saturated rings. The molecule has 2 N–H and O–H groups in total. The first-order valence-electron chi connectivity index (χ1n) is 9.47. The summed E-state index contributed by atoms with van der Waals surface area (Å²) < 4.78 is 6.25. The molecule has 6 nitrogen and oxygen atoms in total. The minimum absolute atomic E-state index is 0.296. The Morgan fingerprint density at radius 2 is 2.00 bits per heavy atom. The van der Waals surface area contributed by atoms with Crippen molar-refractivity contribution in [3.8, 4) is 0 Å². The lowest BCUT2D eigenvalue weighted by Gasteiger charge is -2.29. The second-order valence-electron chi connectivity index (χ2n) is 6.92. The number of carbonyl (C=O) groups excluding carboxylic acids is 1. The molecule has 142 valence electrons. The Bertz CT molecular complexity index is 963. The van der Waals surface area contributed by atoms with E-state index in [2.05, 4.69) is 20.6 Å². The van der Waals surface area contributed by atoms with Crippen LogP contribution in [0, 0.1) is 0 Å². The van der Waals surface area contributed by atoms with E-state index in [1.54, 1.807) is 17.7 Å². The van der Waals surface area contributed by atoms with E-state index >= 15 is 0 Å². The van der Waals surface area contributed by atoms with E-state index in [1.165, 1.54) is 12.8 Å². The lowest BCUT2D eigenvalue weighted by atomic mass is 9.91. The first-order chi connectivity index (χ1) is 13.2. The van der Waals surface area contributed by atoms with E-state index in [9.17, 15) is 4.79 Å². The summed E-state index contributed by atoms with van der Waals surface area (Å²) >= 11 is 1.62. The Balaban J connectivity index is 1.69. The van der Waals surface area contributed by atoms with Crippen molar-refractivity contribution in [3.05, 3.63) is 30.1 Å². The molecule has 2 heterocycles. The molecule has 0 atom stereocenters. The predicted octanol–water partition coefficient (Wildman–Crippen LogP) is 3.96. The van der Waals surface area contributed by atoms with Gasteiger partial charge in [0.1, 0.15) is 17.0 Å². The van der Waals surface area contributed by atoms with E-state index in [4.69, 9.17) is 4.74 Å². The number of thiophene rings is 1. The Labute approximate surface area is 162 Å². The van der Waals surface area contributed by atoms with E-state index in [0.717, 1.165) is 39.0 Å². The smallest absolute Gasteiger partial charge is 0.338 e. The van der Waals surface area contributed by atoms with E-state index in [-0.39, 0.29) is 5.97 Å². The second kappa shape index (κ2) is 7.78. The fourth-order valence-corrected chi connectivity index (χ4v) is 4.80. The van der Waals surface area contributed by atoms with E-state index < -0.39 is 0 Å². The molecule has 3 aromatic rings. The van der Waals surface area contributed by atoms with Gasteiger partial charge in [0, 0.05) is 22.2 Å². The predicted molar refractivity (Wildman–Crippen MR) is 110 cm³/mol. The number of fused-ring (bicyclic) bond motifs is 3. The van der Waals surface area contributed by atoms with Crippen molar-refractivity contribution in [2.45, 2.75) is 44.7 Å². The molecule has 1 aliphatic carbocycles. The summed E-state index contributed by atoms with van der Waals surface area (Å²) in [6, 6.07) is 6.71. The number of rotatable bonds is 5. The normalized spacial score (nSPS) is 20.1. The van der Waals surface area contributed by atoms with Gasteiger partial charge in [-0.3, -0.25) is 0 Å². The molecule has 0 spiro atoms. The molecule has 0 unspecified atom stereocenters. The Morgan fingerprint density at radius 3 is 2.74 bits per heavy atom. The molecule has 0 bridgehead atoms. The SMILES string of the molecule is CCOC(=O)c1ccc2sc3ncnc(N[C@H]4CC[C@H](NC)CC4)c3c2c1. The number of anilines is 1. The maximum atomic E-state index is 12.1. The molecule has 0 amide bonds. The monoisotopic (exact) mass is 384 g/mol. The molecule has 0 radical (unpaired) electrons. The number of hydrogen-bond donors (Lipinski definition) is 2. The zero-order chi connectivity index (χ0) is 18.8. The molecule has 1 aliphatic rings. The number of aromatic nitrogens is 2. The van der Waals surface area contributed by atoms with Crippen molar-refractivity contribution >= 4 is 43.4 Å². The minimum Gasteiger partial charge on any atom is -0.462 e. The van der Waals surface area contributed by atoms with Gasteiger partial charge in [0.15, 0.2) is 0 Å². The summed E-state index contributed by atoms with van der Waals surface area (Å²) in [5.74, 6) is 0.565. The molecule has 0 saturated heterocycles. The van der Waals surface area contributed by atoms with Gasteiger partial charge in [-0.1, -0.05) is 0 Å². The van der Waals surface area contributed by atoms with Gasteiger partial charge in [-0.2, -0.15) is 0 Å². The van der Waals surface area contributed by atoms with E-state index in [0.29, 0.717) is 24.3 Å². The fourth-order valence-electron chi connectivity index (χ4n) is 3.78. The van der Waals surface area contributed by atoms with Crippen molar-refractivity contribution < 1.29 is 9.53 Å². The lowest BCUT2D eigenvalue weighted by molar-refractivity contribution is 0.0526. The first-order valence-corrected chi connectivity index (χ1v) is 10.3.